The summed E-state index contributed by atoms with van der Waals surface area (Å²) in [5.74, 6) is -1.38. The van der Waals surface area contributed by atoms with Crippen molar-refractivity contribution in [1.82, 2.24) is 0 Å². The summed E-state index contributed by atoms with van der Waals surface area (Å²) in [6, 6.07) is 0.0502. The van der Waals surface area contributed by atoms with Gasteiger partial charge in [-0.2, -0.15) is 5.26 Å². The van der Waals surface area contributed by atoms with E-state index in [9.17, 15) is 4.79 Å². The average molecular weight is 238 g/mol. The third-order valence-corrected chi connectivity index (χ3v) is 2.04. The zero-order valence-electron chi connectivity index (χ0n) is 16.4. The molecule has 0 saturated heterocycles. The molecule has 1 aromatic rings. The number of hydrogen-bond donors (Lipinski definition) is 1. The van der Waals surface area contributed by atoms with Gasteiger partial charge in [0.25, 0.3) is 0 Å². The number of amides is 1. The molecule has 1 aromatic carbocycles. The van der Waals surface area contributed by atoms with Gasteiger partial charge in [0.2, 0.25) is 5.91 Å². The van der Waals surface area contributed by atoms with Crippen LogP contribution in [-0.2, 0) is 4.79 Å². The number of rotatable bonds is 5. The lowest BCUT2D eigenvalue weighted by atomic mass is 10.2. The molecule has 17 heavy (non-hydrogen) atoms. The largest absolute Gasteiger partial charge is 0.371 e. The number of benzene rings is 1. The van der Waals surface area contributed by atoms with E-state index >= 15 is 0 Å². The van der Waals surface area contributed by atoms with Gasteiger partial charge >= 0.3 is 0 Å². The molecule has 0 atom stereocenters. The quantitative estimate of drug-likeness (QED) is 0.857. The lowest BCUT2D eigenvalue weighted by Gasteiger charge is -2.22. The van der Waals surface area contributed by atoms with Crippen molar-refractivity contribution in [2.75, 3.05) is 23.3 Å². The van der Waals surface area contributed by atoms with E-state index in [1.807, 2.05) is 11.4 Å². The summed E-state index contributed by atoms with van der Waals surface area (Å²) in [5.41, 5.74) is -0.471. The molecule has 0 aliphatic rings. The maximum Gasteiger partial charge on any atom is 0.221 e. The maximum atomic E-state index is 11.6. The molecule has 4 heteroatoms. The molecule has 0 unspecified atom stereocenters. The summed E-state index contributed by atoms with van der Waals surface area (Å²) in [7, 11) is 0. The van der Waals surface area contributed by atoms with Gasteiger partial charge in [-0.05, 0) is 31.1 Å². The van der Waals surface area contributed by atoms with Gasteiger partial charge in [-0.3, -0.25) is 4.79 Å². The molecule has 1 rings (SSSR count). The Labute approximate surface area is 112 Å². The van der Waals surface area contributed by atoms with Gasteiger partial charge in [-0.1, -0.05) is 0 Å². The standard InChI is InChI=1S/C13H17N3O/c1-3-16(10-4-9-14)13-7-5-12(6-8-13)15-11(2)17/h5-8H,3-4,10H2,1-2H3,(H,15,17)/i2D3,5D,6D,7D,8D. The van der Waals surface area contributed by atoms with E-state index in [2.05, 4.69) is 0 Å². The second-order valence-corrected chi connectivity index (χ2v) is 3.17. The van der Waals surface area contributed by atoms with Gasteiger partial charge in [-0.25, -0.2) is 0 Å². The predicted octanol–water partition coefficient (Wildman–Crippen LogP) is 2.38. The van der Waals surface area contributed by atoms with Gasteiger partial charge < -0.3 is 10.2 Å². The van der Waals surface area contributed by atoms with Crippen LogP contribution in [-0.4, -0.2) is 19.0 Å². The highest BCUT2D eigenvalue weighted by molar-refractivity contribution is 5.88. The highest BCUT2D eigenvalue weighted by Crippen LogP contribution is 2.17. The normalized spacial score (nSPS) is 16.1. The first kappa shape index (κ1) is 6.06. The van der Waals surface area contributed by atoms with Crippen molar-refractivity contribution in [2.45, 2.75) is 20.2 Å². The van der Waals surface area contributed by atoms with Crippen molar-refractivity contribution in [2.24, 2.45) is 0 Å². The minimum absolute atomic E-state index is 0.00892. The van der Waals surface area contributed by atoms with Crippen LogP contribution in [0.4, 0.5) is 11.4 Å². The maximum absolute atomic E-state index is 11.6. The highest BCUT2D eigenvalue weighted by atomic mass is 16.1. The summed E-state index contributed by atoms with van der Waals surface area (Å²) in [6.45, 7) is -0.637. The van der Waals surface area contributed by atoms with Crippen molar-refractivity contribution in [3.63, 3.8) is 0 Å². The lowest BCUT2D eigenvalue weighted by Crippen LogP contribution is -2.23. The van der Waals surface area contributed by atoms with Crippen molar-refractivity contribution in [1.29, 1.82) is 5.26 Å². The van der Waals surface area contributed by atoms with Crippen molar-refractivity contribution >= 4 is 17.3 Å². The first-order chi connectivity index (χ1) is 11.1. The summed E-state index contributed by atoms with van der Waals surface area (Å²) < 4.78 is 53.0. The number of nitrogens with one attached hydrogen (secondary N) is 1. The fourth-order valence-corrected chi connectivity index (χ4v) is 1.25. The van der Waals surface area contributed by atoms with Crippen molar-refractivity contribution in [3.05, 3.63) is 24.2 Å². The van der Waals surface area contributed by atoms with E-state index in [0.717, 1.165) is 0 Å². The third kappa shape index (κ3) is 4.15. The molecule has 0 saturated carbocycles. The molecule has 0 heterocycles. The Morgan fingerprint density at radius 2 is 2.29 bits per heavy atom. The molecule has 0 bridgehead atoms. The second kappa shape index (κ2) is 6.54. The Bertz CT molecular complexity index is 653. The van der Waals surface area contributed by atoms with Crippen LogP contribution in [0, 0.1) is 11.3 Å². The van der Waals surface area contributed by atoms with E-state index in [0.29, 0.717) is 6.54 Å². The van der Waals surface area contributed by atoms with Crippen LogP contribution in [0.1, 0.15) is 29.8 Å². The van der Waals surface area contributed by atoms with E-state index in [-0.39, 0.29) is 18.7 Å². The Hall–Kier alpha value is -2.02. The van der Waals surface area contributed by atoms with Gasteiger partial charge in [-0.15, -0.1) is 0 Å². The monoisotopic (exact) mass is 238 g/mol. The Morgan fingerprint density at radius 1 is 1.59 bits per heavy atom. The molecule has 0 spiro atoms. The molecule has 1 N–H and O–H groups in total. The Morgan fingerprint density at radius 3 is 2.82 bits per heavy atom. The predicted molar refractivity (Wildman–Crippen MR) is 68.9 cm³/mol. The fraction of sp³-hybridized carbons (Fsp3) is 0.385. The summed E-state index contributed by atoms with van der Waals surface area (Å²) in [5, 5.41) is 10.6. The zero-order valence-corrected chi connectivity index (χ0v) is 9.42. The van der Waals surface area contributed by atoms with Crippen LogP contribution in [0.25, 0.3) is 0 Å². The fourth-order valence-electron chi connectivity index (χ4n) is 1.25. The van der Waals surface area contributed by atoms with Gasteiger partial charge in [0.05, 0.1) is 18.0 Å². The molecule has 0 fully saturated rings. The minimum atomic E-state index is -2.97. The van der Waals surface area contributed by atoms with Crippen molar-refractivity contribution in [3.8, 4) is 6.07 Å². The number of carbonyl (C=O) groups is 1. The average Bonchev–Trinajstić information content (AvgIpc) is 2.51. The van der Waals surface area contributed by atoms with E-state index < -0.39 is 42.6 Å². The SMILES string of the molecule is [2H]c1c([2H])c(N(CC)CCC#N)c([2H])c([2H])c1NC(=O)C([2H])([2H])[2H]. The second-order valence-electron chi connectivity index (χ2n) is 3.17. The number of carbonyl (C=O) groups excluding carboxylic acids is 1. The minimum Gasteiger partial charge on any atom is -0.371 e. The number of nitriles is 1. The first-order valence-electron chi connectivity index (χ1n) is 8.59. The Balaban J connectivity index is 3.40. The molecule has 0 radical (unpaired) electrons. The molecule has 0 aliphatic carbocycles. The van der Waals surface area contributed by atoms with Crippen LogP contribution in [0.3, 0.4) is 0 Å². The van der Waals surface area contributed by atoms with Gasteiger partial charge in [0.15, 0.2) is 0 Å². The van der Waals surface area contributed by atoms with E-state index in [1.54, 1.807) is 6.92 Å². The van der Waals surface area contributed by atoms with E-state index in [1.165, 1.54) is 4.90 Å². The lowest BCUT2D eigenvalue weighted by molar-refractivity contribution is -0.114. The summed E-state index contributed by atoms with van der Waals surface area (Å²) >= 11 is 0. The number of anilines is 2. The smallest absolute Gasteiger partial charge is 0.221 e. The highest BCUT2D eigenvalue weighted by Gasteiger charge is 2.03. The topological polar surface area (TPSA) is 56.1 Å². The van der Waals surface area contributed by atoms with Gasteiger partial charge in [0.1, 0.15) is 0 Å². The van der Waals surface area contributed by atoms with Crippen LogP contribution in [0.2, 0.25) is 0 Å². The summed E-state index contributed by atoms with van der Waals surface area (Å²) in [4.78, 5) is 13.1. The van der Waals surface area contributed by atoms with E-state index in [4.69, 9.17) is 14.9 Å². The van der Waals surface area contributed by atoms with Crippen LogP contribution in [0.5, 0.6) is 0 Å². The molecule has 0 aromatic heterocycles. The molecular weight excluding hydrogens is 214 g/mol. The molecule has 90 valence electrons. The molecule has 4 nitrogen and oxygen atoms in total. The van der Waals surface area contributed by atoms with Gasteiger partial charge in [0, 0.05) is 35.4 Å². The Kier molecular flexibility index (Phi) is 2.33. The zero-order chi connectivity index (χ0) is 18.7. The molecule has 1 amide bonds. The molecule has 0 aliphatic heterocycles. The summed E-state index contributed by atoms with van der Waals surface area (Å²) in [6.07, 6.45) is 0.144. The molecular formula is C13H17N3O. The first-order valence-corrected chi connectivity index (χ1v) is 5.09. The third-order valence-electron chi connectivity index (χ3n) is 2.04. The van der Waals surface area contributed by atoms with Crippen LogP contribution >= 0.6 is 0 Å². The van der Waals surface area contributed by atoms with Crippen molar-refractivity contribution < 1.29 is 14.4 Å². The van der Waals surface area contributed by atoms with Crippen LogP contribution < -0.4 is 10.2 Å². The van der Waals surface area contributed by atoms with Crippen LogP contribution in [0.15, 0.2) is 24.2 Å². The number of nitrogens with zero attached hydrogens (tertiary/aromatic N) is 2. The number of hydrogen-bond acceptors (Lipinski definition) is 3.